The predicted octanol–water partition coefficient (Wildman–Crippen LogP) is 3.06. The fourth-order valence-electron chi connectivity index (χ4n) is 1.47. The normalized spacial score (nSPS) is 15.0. The van der Waals surface area contributed by atoms with Crippen LogP contribution in [0.3, 0.4) is 0 Å². The maximum absolute atomic E-state index is 5.83. The highest BCUT2D eigenvalue weighted by atomic mass is 16.5. The third-order valence-corrected chi connectivity index (χ3v) is 2.41. The van der Waals surface area contributed by atoms with E-state index in [0.717, 1.165) is 30.0 Å². The summed E-state index contributed by atoms with van der Waals surface area (Å²) in [5.41, 5.74) is 1.05. The van der Waals surface area contributed by atoms with Crippen LogP contribution in [-0.2, 0) is 0 Å². The third-order valence-electron chi connectivity index (χ3n) is 2.41. The van der Waals surface area contributed by atoms with Crippen LogP contribution in [-0.4, -0.2) is 19.3 Å². The maximum Gasteiger partial charge on any atom is 0.163 e. The molecule has 0 atom stereocenters. The standard InChI is InChI=1S/C13H19NO2/c1-9(2)15-12-7-4-10(14-3)8-13(12)16-11-5-6-11/h4,7-9,11,14H,5-6H2,1-3H3. The molecule has 1 N–H and O–H groups in total. The highest BCUT2D eigenvalue weighted by Crippen LogP contribution is 2.36. The Morgan fingerprint density at radius 1 is 1.25 bits per heavy atom. The zero-order chi connectivity index (χ0) is 11.5. The quantitative estimate of drug-likeness (QED) is 0.829. The number of anilines is 1. The summed E-state index contributed by atoms with van der Waals surface area (Å²) in [7, 11) is 1.90. The van der Waals surface area contributed by atoms with Gasteiger partial charge in [-0.05, 0) is 38.8 Å². The predicted molar refractivity (Wildman–Crippen MR) is 65.4 cm³/mol. The Labute approximate surface area is 96.8 Å². The molecule has 3 nitrogen and oxygen atoms in total. The van der Waals surface area contributed by atoms with Crippen LogP contribution in [0.1, 0.15) is 26.7 Å². The smallest absolute Gasteiger partial charge is 0.163 e. The van der Waals surface area contributed by atoms with E-state index < -0.39 is 0 Å². The van der Waals surface area contributed by atoms with Gasteiger partial charge in [-0.1, -0.05) is 0 Å². The molecule has 1 aliphatic carbocycles. The summed E-state index contributed by atoms with van der Waals surface area (Å²) >= 11 is 0. The highest BCUT2D eigenvalue weighted by Gasteiger charge is 2.25. The first kappa shape index (κ1) is 11.1. The second-order valence-electron chi connectivity index (χ2n) is 4.40. The summed E-state index contributed by atoms with van der Waals surface area (Å²) in [4.78, 5) is 0. The minimum absolute atomic E-state index is 0.169. The number of ether oxygens (including phenoxy) is 2. The van der Waals surface area contributed by atoms with Gasteiger partial charge in [-0.15, -0.1) is 0 Å². The molecular formula is C13H19NO2. The molecule has 88 valence electrons. The zero-order valence-electron chi connectivity index (χ0n) is 10.1. The van der Waals surface area contributed by atoms with Gasteiger partial charge in [0.05, 0.1) is 12.2 Å². The van der Waals surface area contributed by atoms with Gasteiger partial charge < -0.3 is 14.8 Å². The van der Waals surface area contributed by atoms with E-state index in [1.807, 2.05) is 39.1 Å². The Kier molecular flexibility index (Phi) is 3.22. The summed E-state index contributed by atoms with van der Waals surface area (Å²) in [6, 6.07) is 5.96. The van der Waals surface area contributed by atoms with Crippen molar-refractivity contribution >= 4 is 5.69 Å². The minimum Gasteiger partial charge on any atom is -0.487 e. The molecule has 0 aliphatic heterocycles. The van der Waals surface area contributed by atoms with Crippen LogP contribution >= 0.6 is 0 Å². The molecule has 0 heterocycles. The Morgan fingerprint density at radius 3 is 2.56 bits per heavy atom. The van der Waals surface area contributed by atoms with Gasteiger partial charge in [-0.25, -0.2) is 0 Å². The van der Waals surface area contributed by atoms with Gasteiger partial charge in [-0.2, -0.15) is 0 Å². The average molecular weight is 221 g/mol. The second-order valence-corrected chi connectivity index (χ2v) is 4.40. The topological polar surface area (TPSA) is 30.5 Å². The fraction of sp³-hybridized carbons (Fsp3) is 0.538. The van der Waals surface area contributed by atoms with Gasteiger partial charge in [0.15, 0.2) is 11.5 Å². The number of hydrogen-bond acceptors (Lipinski definition) is 3. The summed E-state index contributed by atoms with van der Waals surface area (Å²) in [5.74, 6) is 1.68. The monoisotopic (exact) mass is 221 g/mol. The Hall–Kier alpha value is -1.38. The molecule has 16 heavy (non-hydrogen) atoms. The minimum atomic E-state index is 0.169. The van der Waals surface area contributed by atoms with E-state index in [1.54, 1.807) is 0 Å². The van der Waals surface area contributed by atoms with Crippen molar-refractivity contribution in [1.82, 2.24) is 0 Å². The van der Waals surface area contributed by atoms with E-state index in [2.05, 4.69) is 5.32 Å². The SMILES string of the molecule is CNc1ccc(OC(C)C)c(OC2CC2)c1. The van der Waals surface area contributed by atoms with Crippen molar-refractivity contribution in [2.24, 2.45) is 0 Å². The van der Waals surface area contributed by atoms with Crippen molar-refractivity contribution in [2.75, 3.05) is 12.4 Å². The molecule has 3 heteroatoms. The van der Waals surface area contributed by atoms with Crippen molar-refractivity contribution in [3.63, 3.8) is 0 Å². The molecule has 0 saturated heterocycles. The summed E-state index contributed by atoms with van der Waals surface area (Å²) in [6.07, 6.45) is 2.87. The Bertz CT molecular complexity index is 359. The lowest BCUT2D eigenvalue weighted by Gasteiger charge is -2.15. The van der Waals surface area contributed by atoms with Crippen molar-refractivity contribution in [3.8, 4) is 11.5 Å². The van der Waals surface area contributed by atoms with Crippen LogP contribution in [0.15, 0.2) is 18.2 Å². The second kappa shape index (κ2) is 4.64. The molecule has 0 radical (unpaired) electrons. The van der Waals surface area contributed by atoms with E-state index in [4.69, 9.17) is 9.47 Å². The van der Waals surface area contributed by atoms with E-state index >= 15 is 0 Å². The van der Waals surface area contributed by atoms with Gasteiger partial charge in [0.1, 0.15) is 0 Å². The molecule has 0 unspecified atom stereocenters. The lowest BCUT2D eigenvalue weighted by molar-refractivity contribution is 0.218. The molecule has 0 bridgehead atoms. The van der Waals surface area contributed by atoms with E-state index in [0.29, 0.717) is 6.10 Å². The summed E-state index contributed by atoms with van der Waals surface area (Å²) in [5, 5.41) is 3.11. The van der Waals surface area contributed by atoms with E-state index in [1.165, 1.54) is 0 Å². The number of rotatable bonds is 5. The molecule has 0 aromatic heterocycles. The average Bonchev–Trinajstić information content (AvgIpc) is 3.04. The summed E-state index contributed by atoms with van der Waals surface area (Å²) in [6.45, 7) is 4.04. The Morgan fingerprint density at radius 2 is 2.00 bits per heavy atom. The van der Waals surface area contributed by atoms with Crippen molar-refractivity contribution in [1.29, 1.82) is 0 Å². The van der Waals surface area contributed by atoms with Gasteiger partial charge in [-0.3, -0.25) is 0 Å². The van der Waals surface area contributed by atoms with Gasteiger partial charge in [0.2, 0.25) is 0 Å². The first-order valence-electron chi connectivity index (χ1n) is 5.84. The zero-order valence-corrected chi connectivity index (χ0v) is 10.1. The molecule has 1 fully saturated rings. The van der Waals surface area contributed by atoms with Crippen molar-refractivity contribution in [2.45, 2.75) is 38.9 Å². The van der Waals surface area contributed by atoms with Crippen LogP contribution < -0.4 is 14.8 Å². The van der Waals surface area contributed by atoms with Gasteiger partial charge in [0.25, 0.3) is 0 Å². The van der Waals surface area contributed by atoms with Crippen LogP contribution in [0.5, 0.6) is 11.5 Å². The number of nitrogens with one attached hydrogen (secondary N) is 1. The first-order chi connectivity index (χ1) is 7.69. The molecule has 1 aromatic carbocycles. The molecule has 2 rings (SSSR count). The summed E-state index contributed by atoms with van der Waals surface area (Å²) < 4.78 is 11.6. The van der Waals surface area contributed by atoms with Crippen LogP contribution in [0, 0.1) is 0 Å². The molecule has 1 aliphatic rings. The Balaban J connectivity index is 2.19. The van der Waals surface area contributed by atoms with Crippen molar-refractivity contribution in [3.05, 3.63) is 18.2 Å². The molecule has 1 saturated carbocycles. The third kappa shape index (κ3) is 2.81. The van der Waals surface area contributed by atoms with Gasteiger partial charge >= 0.3 is 0 Å². The lowest BCUT2D eigenvalue weighted by Crippen LogP contribution is -2.08. The number of benzene rings is 1. The largest absolute Gasteiger partial charge is 0.487 e. The van der Waals surface area contributed by atoms with E-state index in [-0.39, 0.29) is 6.10 Å². The first-order valence-corrected chi connectivity index (χ1v) is 5.84. The van der Waals surface area contributed by atoms with Crippen LogP contribution in [0.2, 0.25) is 0 Å². The van der Waals surface area contributed by atoms with Crippen molar-refractivity contribution < 1.29 is 9.47 Å². The van der Waals surface area contributed by atoms with Crippen LogP contribution in [0.4, 0.5) is 5.69 Å². The highest BCUT2D eigenvalue weighted by molar-refractivity contribution is 5.54. The van der Waals surface area contributed by atoms with E-state index in [9.17, 15) is 0 Å². The van der Waals surface area contributed by atoms with Gasteiger partial charge in [0, 0.05) is 18.8 Å². The molecular weight excluding hydrogens is 202 g/mol. The molecule has 0 spiro atoms. The maximum atomic E-state index is 5.83. The fourth-order valence-corrected chi connectivity index (χ4v) is 1.47. The molecule has 1 aromatic rings. The lowest BCUT2D eigenvalue weighted by atomic mass is 10.2. The molecule has 0 amide bonds. The number of hydrogen-bond donors (Lipinski definition) is 1. The van der Waals surface area contributed by atoms with Crippen LogP contribution in [0.25, 0.3) is 0 Å².